The highest BCUT2D eigenvalue weighted by Crippen LogP contribution is 2.47. The molecule has 3 aromatic rings. The van der Waals surface area contributed by atoms with Crippen LogP contribution in [-0.2, 0) is 28.8 Å². The molecule has 5 rings (SSSR count). The minimum Gasteiger partial charge on any atom is -0.492 e. The van der Waals surface area contributed by atoms with Gasteiger partial charge in [-0.05, 0) is 136 Å². The number of hydrogen-bond acceptors (Lipinski definition) is 4. The Hall–Kier alpha value is -3.42. The fourth-order valence-electron chi connectivity index (χ4n) is 6.62. The van der Waals surface area contributed by atoms with Gasteiger partial charge in [0.25, 0.3) is 5.91 Å². The number of rotatable bonds is 5. The lowest BCUT2D eigenvalue weighted by Crippen LogP contribution is -2.33. The summed E-state index contributed by atoms with van der Waals surface area (Å²) in [6, 6.07) is 7.65. The molecule has 0 radical (unpaired) electrons. The van der Waals surface area contributed by atoms with Crippen LogP contribution in [0.4, 0.5) is 4.39 Å². The molecule has 228 valence electrons. The predicted octanol–water partition coefficient (Wildman–Crippen LogP) is 7.58. The summed E-state index contributed by atoms with van der Waals surface area (Å²) < 4.78 is 26.1. The molecule has 1 N–H and O–H groups in total. The Labute approximate surface area is 257 Å². The van der Waals surface area contributed by atoms with Crippen LogP contribution in [0.2, 0.25) is 5.02 Å². The Morgan fingerprint density at radius 2 is 1.67 bits per heavy atom. The molecule has 3 aromatic carbocycles. The first kappa shape index (κ1) is 31.0. The zero-order valence-electron chi connectivity index (χ0n) is 25.7. The van der Waals surface area contributed by atoms with Gasteiger partial charge in [0.15, 0.2) is 6.10 Å². The lowest BCUT2D eigenvalue weighted by Gasteiger charge is -2.32. The Morgan fingerprint density at radius 3 is 2.30 bits per heavy atom. The number of aliphatic carboxylic acids is 1. The lowest BCUT2D eigenvalue weighted by atomic mass is 9.79. The van der Waals surface area contributed by atoms with Crippen molar-refractivity contribution in [3.8, 4) is 16.9 Å². The second-order valence-electron chi connectivity index (χ2n) is 12.5. The first-order valence-corrected chi connectivity index (χ1v) is 15.2. The van der Waals surface area contributed by atoms with Crippen molar-refractivity contribution in [3.63, 3.8) is 0 Å². The van der Waals surface area contributed by atoms with E-state index in [1.165, 1.54) is 12.1 Å². The Bertz CT molecular complexity index is 1610. The van der Waals surface area contributed by atoms with Gasteiger partial charge >= 0.3 is 5.97 Å². The van der Waals surface area contributed by atoms with Crippen LogP contribution in [0.25, 0.3) is 11.1 Å². The van der Waals surface area contributed by atoms with E-state index in [0.717, 1.165) is 57.3 Å². The van der Waals surface area contributed by atoms with E-state index in [1.807, 2.05) is 47.6 Å². The van der Waals surface area contributed by atoms with Crippen molar-refractivity contribution in [1.82, 2.24) is 4.90 Å². The number of halogens is 2. The van der Waals surface area contributed by atoms with E-state index < -0.39 is 23.5 Å². The predicted molar refractivity (Wildman–Crippen MR) is 166 cm³/mol. The van der Waals surface area contributed by atoms with E-state index in [1.54, 1.807) is 17.0 Å². The Balaban J connectivity index is 1.70. The summed E-state index contributed by atoms with van der Waals surface area (Å²) in [6.07, 6.45) is 1.59. The van der Waals surface area contributed by atoms with Crippen molar-refractivity contribution in [3.05, 3.63) is 85.7 Å². The van der Waals surface area contributed by atoms with Crippen molar-refractivity contribution in [1.29, 1.82) is 0 Å². The van der Waals surface area contributed by atoms with Crippen molar-refractivity contribution >= 4 is 23.5 Å². The highest BCUT2D eigenvalue weighted by Gasteiger charge is 2.35. The van der Waals surface area contributed by atoms with Gasteiger partial charge in [0.2, 0.25) is 0 Å². The van der Waals surface area contributed by atoms with E-state index in [0.29, 0.717) is 54.4 Å². The molecule has 1 unspecified atom stereocenters. The molecule has 0 saturated heterocycles. The quantitative estimate of drug-likeness (QED) is 0.324. The molecule has 6 nitrogen and oxygen atoms in total. The van der Waals surface area contributed by atoms with Gasteiger partial charge in [0.05, 0.1) is 17.2 Å². The fourth-order valence-corrected chi connectivity index (χ4v) is 6.90. The number of amides is 1. The van der Waals surface area contributed by atoms with Crippen LogP contribution in [0.1, 0.15) is 82.6 Å². The van der Waals surface area contributed by atoms with Crippen molar-refractivity contribution in [2.45, 2.75) is 78.9 Å². The molecular weight excluding hydrogens is 569 g/mol. The monoisotopic (exact) mass is 607 g/mol. The van der Waals surface area contributed by atoms with E-state index in [-0.39, 0.29) is 5.91 Å². The van der Waals surface area contributed by atoms with Crippen LogP contribution in [-0.4, -0.2) is 47.2 Å². The minimum absolute atomic E-state index is 0.222. The third-order valence-corrected chi connectivity index (χ3v) is 8.88. The number of carboxylic acids is 1. The molecule has 1 amide bonds. The second kappa shape index (κ2) is 11.9. The topological polar surface area (TPSA) is 76.1 Å². The lowest BCUT2D eigenvalue weighted by molar-refractivity contribution is -0.160. The average molecular weight is 608 g/mol. The minimum atomic E-state index is -1.22. The molecule has 2 aliphatic heterocycles. The standard InChI is InChI=1S/C35H39ClFNO5/c1-19-26-11-8-16-42-31(26)28(36)18-27(19)29-20(2)24-12-14-38(33(39)22-9-7-10-23(37)17-22)15-13-25(24)21(3)30(29)32(34(40)41)43-35(4,5)6/h7,9-10,17-18,32H,8,11-16H2,1-6H3,(H,40,41). The summed E-state index contributed by atoms with van der Waals surface area (Å²) in [7, 11) is 0. The average Bonchev–Trinajstić information content (AvgIpc) is 3.19. The van der Waals surface area contributed by atoms with Crippen LogP contribution in [0.3, 0.4) is 0 Å². The number of carbonyl (C=O) groups is 2. The fraction of sp³-hybridized carbons (Fsp3) is 0.429. The van der Waals surface area contributed by atoms with Crippen molar-refractivity contribution < 1.29 is 28.6 Å². The molecule has 0 bridgehead atoms. The highest BCUT2D eigenvalue weighted by molar-refractivity contribution is 6.32. The number of hydrogen-bond donors (Lipinski definition) is 1. The SMILES string of the molecule is Cc1c(-c2c(C)c3c(c(C)c2C(OC(C)(C)C)C(=O)O)CCN(C(=O)c2cccc(F)c2)CC3)cc(Cl)c2c1CCCO2. The molecular formula is C35H39ClFNO5. The van der Waals surface area contributed by atoms with Crippen LogP contribution in [0.5, 0.6) is 5.75 Å². The van der Waals surface area contributed by atoms with E-state index >= 15 is 0 Å². The summed E-state index contributed by atoms with van der Waals surface area (Å²) in [5, 5.41) is 11.1. The molecule has 0 fully saturated rings. The summed E-state index contributed by atoms with van der Waals surface area (Å²) in [5.74, 6) is -1.04. The van der Waals surface area contributed by atoms with Gasteiger partial charge < -0.3 is 19.5 Å². The molecule has 2 heterocycles. The van der Waals surface area contributed by atoms with E-state index in [4.69, 9.17) is 21.1 Å². The zero-order chi connectivity index (χ0) is 31.2. The molecule has 8 heteroatoms. The summed E-state index contributed by atoms with van der Waals surface area (Å²) >= 11 is 6.81. The highest BCUT2D eigenvalue weighted by atomic mass is 35.5. The van der Waals surface area contributed by atoms with Crippen LogP contribution in [0, 0.1) is 26.6 Å². The number of nitrogens with zero attached hydrogens (tertiary/aromatic N) is 1. The summed E-state index contributed by atoms with van der Waals surface area (Å²) in [6.45, 7) is 13.1. The van der Waals surface area contributed by atoms with Gasteiger partial charge in [0, 0.05) is 24.2 Å². The maximum atomic E-state index is 13.9. The summed E-state index contributed by atoms with van der Waals surface area (Å²) in [5.41, 5.74) is 7.85. The number of fused-ring (bicyclic) bond motifs is 2. The smallest absolute Gasteiger partial charge is 0.337 e. The number of benzene rings is 3. The summed E-state index contributed by atoms with van der Waals surface area (Å²) in [4.78, 5) is 28.1. The first-order chi connectivity index (χ1) is 20.3. The normalized spacial score (nSPS) is 15.7. The maximum Gasteiger partial charge on any atom is 0.337 e. The van der Waals surface area contributed by atoms with Crippen LogP contribution < -0.4 is 4.74 Å². The third kappa shape index (κ3) is 6.02. The maximum absolute atomic E-state index is 13.9. The van der Waals surface area contributed by atoms with E-state index in [2.05, 4.69) is 0 Å². The zero-order valence-corrected chi connectivity index (χ0v) is 26.5. The van der Waals surface area contributed by atoms with Gasteiger partial charge in [-0.1, -0.05) is 17.7 Å². The van der Waals surface area contributed by atoms with Gasteiger partial charge in [-0.3, -0.25) is 4.79 Å². The first-order valence-electron chi connectivity index (χ1n) is 14.8. The number of carbonyl (C=O) groups excluding carboxylic acids is 1. The van der Waals surface area contributed by atoms with Gasteiger partial charge in [-0.25, -0.2) is 9.18 Å². The Kier molecular flexibility index (Phi) is 8.61. The van der Waals surface area contributed by atoms with Crippen molar-refractivity contribution in [2.24, 2.45) is 0 Å². The molecule has 2 aliphatic rings. The molecule has 0 aliphatic carbocycles. The molecule has 0 saturated carbocycles. The van der Waals surface area contributed by atoms with Crippen LogP contribution >= 0.6 is 11.6 Å². The van der Waals surface area contributed by atoms with Gasteiger partial charge in [-0.2, -0.15) is 0 Å². The Morgan fingerprint density at radius 1 is 1.00 bits per heavy atom. The molecule has 0 spiro atoms. The largest absolute Gasteiger partial charge is 0.492 e. The second-order valence-corrected chi connectivity index (χ2v) is 12.9. The molecule has 1 atom stereocenters. The number of ether oxygens (including phenoxy) is 2. The molecule has 0 aromatic heterocycles. The van der Waals surface area contributed by atoms with E-state index in [9.17, 15) is 19.1 Å². The van der Waals surface area contributed by atoms with Gasteiger partial charge in [-0.15, -0.1) is 0 Å². The van der Waals surface area contributed by atoms with Gasteiger partial charge in [0.1, 0.15) is 11.6 Å². The molecule has 43 heavy (non-hydrogen) atoms. The number of carboxylic acid groups (broad SMARTS) is 1. The third-order valence-electron chi connectivity index (χ3n) is 8.60. The van der Waals surface area contributed by atoms with Crippen molar-refractivity contribution in [2.75, 3.05) is 19.7 Å². The van der Waals surface area contributed by atoms with Crippen LogP contribution in [0.15, 0.2) is 30.3 Å².